The van der Waals surface area contributed by atoms with Crippen LogP contribution in [-0.2, 0) is 6.54 Å². The molecule has 2 aromatic heterocycles. The lowest BCUT2D eigenvalue weighted by molar-refractivity contribution is 0.0693. The zero-order chi connectivity index (χ0) is 23.2. The Hall–Kier alpha value is -3.69. The van der Waals surface area contributed by atoms with Crippen molar-refractivity contribution in [3.63, 3.8) is 0 Å². The predicted octanol–water partition coefficient (Wildman–Crippen LogP) is 2.43. The van der Waals surface area contributed by atoms with Gasteiger partial charge in [0.25, 0.3) is 5.91 Å². The second-order valence-electron chi connectivity index (χ2n) is 7.76. The second kappa shape index (κ2) is 8.10. The number of halogens is 1. The summed E-state index contributed by atoms with van der Waals surface area (Å²) in [4.78, 5) is 40.3. The molecule has 9 nitrogen and oxygen atoms in total. The summed E-state index contributed by atoms with van der Waals surface area (Å²) < 4.78 is 21.7. The van der Waals surface area contributed by atoms with Crippen molar-refractivity contribution < 1.29 is 23.6 Å². The van der Waals surface area contributed by atoms with Crippen molar-refractivity contribution in [3.05, 3.63) is 57.0 Å². The van der Waals surface area contributed by atoms with E-state index >= 15 is 0 Å². The number of aromatic carboxylic acids is 1. The first-order valence-corrected chi connectivity index (χ1v) is 10.3. The van der Waals surface area contributed by atoms with Gasteiger partial charge in [-0.05, 0) is 32.9 Å². The molecule has 168 valence electrons. The van der Waals surface area contributed by atoms with E-state index in [1.54, 1.807) is 29.4 Å². The largest absolute Gasteiger partial charge is 0.477 e. The van der Waals surface area contributed by atoms with Crippen molar-refractivity contribution >= 4 is 28.5 Å². The average Bonchev–Trinajstić information content (AvgIpc) is 3.11. The number of benzene rings is 1. The quantitative estimate of drug-likeness (QED) is 0.661. The van der Waals surface area contributed by atoms with E-state index in [1.165, 1.54) is 6.20 Å². The standard InChI is InChI=1S/C22H23FN4O5/c1-4-25-11-15(22(30)31)20(28)14-9-16(23)18(10-17(14)25)26-5-7-27(8-6-26)21(29)19-12(2)24-32-13(19)3/h9-11H,4-8H2,1-3H3,(H,30,31). The first kappa shape index (κ1) is 21.5. The Morgan fingerprint density at radius 1 is 1.19 bits per heavy atom. The molecule has 0 bridgehead atoms. The van der Waals surface area contributed by atoms with Crippen LogP contribution in [0.3, 0.4) is 0 Å². The summed E-state index contributed by atoms with van der Waals surface area (Å²) in [5.41, 5.74) is 0.667. The Morgan fingerprint density at radius 3 is 2.44 bits per heavy atom. The molecule has 0 saturated carbocycles. The molecule has 0 unspecified atom stereocenters. The highest BCUT2D eigenvalue weighted by Crippen LogP contribution is 2.27. The molecule has 1 fully saturated rings. The lowest BCUT2D eigenvalue weighted by atomic mass is 10.1. The monoisotopic (exact) mass is 442 g/mol. The van der Waals surface area contributed by atoms with Crippen molar-refractivity contribution in [3.8, 4) is 0 Å². The molecular weight excluding hydrogens is 419 g/mol. The molecule has 0 atom stereocenters. The smallest absolute Gasteiger partial charge is 0.341 e. The average molecular weight is 442 g/mol. The van der Waals surface area contributed by atoms with E-state index in [0.29, 0.717) is 60.9 Å². The number of amides is 1. The van der Waals surface area contributed by atoms with E-state index < -0.39 is 22.8 Å². The molecule has 3 aromatic rings. The highest BCUT2D eigenvalue weighted by atomic mass is 19.1. The fourth-order valence-corrected chi connectivity index (χ4v) is 4.15. The highest BCUT2D eigenvalue weighted by molar-refractivity contribution is 5.96. The molecular formula is C22H23FN4O5. The molecule has 0 spiro atoms. The highest BCUT2D eigenvalue weighted by Gasteiger charge is 2.28. The van der Waals surface area contributed by atoms with E-state index in [2.05, 4.69) is 5.16 Å². The number of carboxylic acid groups (broad SMARTS) is 1. The van der Waals surface area contributed by atoms with Gasteiger partial charge in [0.2, 0.25) is 5.43 Å². The Labute approximate surface area is 182 Å². The maximum absolute atomic E-state index is 15.0. The number of pyridine rings is 1. The molecule has 10 heteroatoms. The number of carboxylic acids is 1. The third kappa shape index (κ3) is 3.51. The van der Waals surface area contributed by atoms with Gasteiger partial charge in [0.15, 0.2) is 0 Å². The third-order valence-electron chi connectivity index (χ3n) is 5.87. The van der Waals surface area contributed by atoms with Crippen LogP contribution in [-0.4, -0.2) is 57.8 Å². The molecule has 1 aliphatic heterocycles. The van der Waals surface area contributed by atoms with Gasteiger partial charge < -0.3 is 24.0 Å². The van der Waals surface area contributed by atoms with Gasteiger partial charge in [0.05, 0.1) is 16.9 Å². The molecule has 1 N–H and O–H groups in total. The summed E-state index contributed by atoms with van der Waals surface area (Å²) in [6.45, 7) is 7.23. The number of anilines is 1. The van der Waals surface area contributed by atoms with Gasteiger partial charge in [0, 0.05) is 44.3 Å². The van der Waals surface area contributed by atoms with E-state index in [9.17, 15) is 23.9 Å². The number of rotatable bonds is 4. The summed E-state index contributed by atoms with van der Waals surface area (Å²) in [5, 5.41) is 13.1. The van der Waals surface area contributed by atoms with Crippen molar-refractivity contribution in [1.82, 2.24) is 14.6 Å². The third-order valence-corrected chi connectivity index (χ3v) is 5.87. The zero-order valence-electron chi connectivity index (χ0n) is 18.0. The number of carbonyl (C=O) groups excluding carboxylic acids is 1. The molecule has 1 aromatic carbocycles. The summed E-state index contributed by atoms with van der Waals surface area (Å²) in [6.07, 6.45) is 1.29. The normalized spacial score (nSPS) is 14.2. The molecule has 32 heavy (non-hydrogen) atoms. The van der Waals surface area contributed by atoms with Gasteiger partial charge in [-0.25, -0.2) is 9.18 Å². The van der Waals surface area contributed by atoms with Crippen molar-refractivity contribution in [2.24, 2.45) is 0 Å². The van der Waals surface area contributed by atoms with Gasteiger partial charge in [0.1, 0.15) is 22.7 Å². The Morgan fingerprint density at radius 2 is 1.88 bits per heavy atom. The van der Waals surface area contributed by atoms with E-state index in [-0.39, 0.29) is 11.3 Å². The van der Waals surface area contributed by atoms with Gasteiger partial charge >= 0.3 is 5.97 Å². The molecule has 0 radical (unpaired) electrons. The van der Waals surface area contributed by atoms with Gasteiger partial charge in [-0.1, -0.05) is 5.16 Å². The lowest BCUT2D eigenvalue weighted by Gasteiger charge is -2.36. The number of carbonyl (C=O) groups is 2. The summed E-state index contributed by atoms with van der Waals surface area (Å²) in [6, 6.07) is 2.68. The SMILES string of the molecule is CCn1cc(C(=O)O)c(=O)c2cc(F)c(N3CCN(C(=O)c4c(C)noc4C)CC3)cc21. The molecule has 0 aliphatic carbocycles. The molecule has 4 rings (SSSR count). The number of nitrogens with zero attached hydrogens (tertiary/aromatic N) is 4. The Kier molecular flexibility index (Phi) is 5.45. The topological polar surface area (TPSA) is 109 Å². The van der Waals surface area contributed by atoms with Gasteiger partial charge in [-0.15, -0.1) is 0 Å². The van der Waals surface area contributed by atoms with Crippen LogP contribution in [0.2, 0.25) is 0 Å². The van der Waals surface area contributed by atoms with Crippen LogP contribution in [0.5, 0.6) is 0 Å². The van der Waals surface area contributed by atoms with Crippen LogP contribution in [0.25, 0.3) is 10.9 Å². The van der Waals surface area contributed by atoms with Crippen LogP contribution in [0.1, 0.15) is 39.1 Å². The molecule has 1 aliphatic rings. The van der Waals surface area contributed by atoms with Gasteiger partial charge in [-0.3, -0.25) is 9.59 Å². The summed E-state index contributed by atoms with van der Waals surface area (Å²) in [5.74, 6) is -1.65. The van der Waals surface area contributed by atoms with E-state index in [0.717, 1.165) is 6.07 Å². The number of fused-ring (bicyclic) bond motifs is 1. The minimum absolute atomic E-state index is 0.0280. The number of aromatic nitrogens is 2. The van der Waals surface area contributed by atoms with Crippen LogP contribution >= 0.6 is 0 Å². The van der Waals surface area contributed by atoms with Crippen molar-refractivity contribution in [2.75, 3.05) is 31.1 Å². The zero-order valence-corrected chi connectivity index (χ0v) is 18.0. The summed E-state index contributed by atoms with van der Waals surface area (Å²) in [7, 11) is 0. The number of hydrogen-bond donors (Lipinski definition) is 1. The lowest BCUT2D eigenvalue weighted by Crippen LogP contribution is -2.49. The van der Waals surface area contributed by atoms with Crippen LogP contribution in [0, 0.1) is 19.7 Å². The van der Waals surface area contributed by atoms with Crippen molar-refractivity contribution in [1.29, 1.82) is 0 Å². The number of piperazine rings is 1. The minimum Gasteiger partial charge on any atom is -0.477 e. The second-order valence-corrected chi connectivity index (χ2v) is 7.76. The summed E-state index contributed by atoms with van der Waals surface area (Å²) >= 11 is 0. The maximum Gasteiger partial charge on any atom is 0.341 e. The van der Waals surface area contributed by atoms with Crippen LogP contribution in [0.4, 0.5) is 10.1 Å². The first-order chi connectivity index (χ1) is 15.2. The van der Waals surface area contributed by atoms with Gasteiger partial charge in [-0.2, -0.15) is 0 Å². The molecule has 3 heterocycles. The van der Waals surface area contributed by atoms with Crippen LogP contribution in [0.15, 0.2) is 27.6 Å². The fraction of sp³-hybridized carbons (Fsp3) is 0.364. The fourth-order valence-electron chi connectivity index (χ4n) is 4.15. The van der Waals surface area contributed by atoms with E-state index in [4.69, 9.17) is 4.52 Å². The number of aryl methyl sites for hydroxylation is 3. The first-order valence-electron chi connectivity index (χ1n) is 10.3. The Balaban J connectivity index is 1.63. The molecule has 1 amide bonds. The predicted molar refractivity (Wildman–Crippen MR) is 115 cm³/mol. The maximum atomic E-state index is 15.0. The van der Waals surface area contributed by atoms with E-state index in [1.807, 2.05) is 11.8 Å². The number of hydrogen-bond acceptors (Lipinski definition) is 6. The minimum atomic E-state index is -1.34. The Bertz CT molecular complexity index is 1270. The van der Waals surface area contributed by atoms with Crippen LogP contribution < -0.4 is 10.3 Å². The van der Waals surface area contributed by atoms with Crippen molar-refractivity contribution in [2.45, 2.75) is 27.3 Å². The molecule has 1 saturated heterocycles.